The Hall–Kier alpha value is -3.78. The van der Waals surface area contributed by atoms with Crippen LogP contribution in [-0.2, 0) is 19.6 Å². The van der Waals surface area contributed by atoms with Crippen molar-refractivity contribution in [1.29, 1.82) is 5.26 Å². The third-order valence-corrected chi connectivity index (χ3v) is 8.90. The van der Waals surface area contributed by atoms with Gasteiger partial charge in [-0.3, -0.25) is 4.79 Å². The number of nitrogens with one attached hydrogen (secondary N) is 1. The minimum absolute atomic E-state index is 0.0464. The summed E-state index contributed by atoms with van der Waals surface area (Å²) in [5, 5.41) is 17.3. The fraction of sp³-hybridized carbons (Fsp3) is 0.345. The molecule has 3 heterocycles. The Bertz CT molecular complexity index is 1500. The molecule has 10 heteroatoms. The van der Waals surface area contributed by atoms with E-state index in [1.54, 1.807) is 35.1 Å². The van der Waals surface area contributed by atoms with Crippen LogP contribution >= 0.6 is 0 Å². The van der Waals surface area contributed by atoms with Crippen LogP contribution in [0.25, 0.3) is 23.0 Å². The van der Waals surface area contributed by atoms with Crippen LogP contribution < -0.4 is 5.32 Å². The predicted molar refractivity (Wildman–Crippen MR) is 147 cm³/mol. The Morgan fingerprint density at radius 2 is 1.90 bits per heavy atom. The van der Waals surface area contributed by atoms with E-state index in [4.69, 9.17) is 9.84 Å². The highest BCUT2D eigenvalue weighted by molar-refractivity contribution is 7.89. The molecule has 0 aliphatic carbocycles. The van der Waals surface area contributed by atoms with Crippen LogP contribution in [0.4, 0.5) is 0 Å². The van der Waals surface area contributed by atoms with E-state index in [0.717, 1.165) is 37.8 Å². The van der Waals surface area contributed by atoms with Gasteiger partial charge < -0.3 is 10.1 Å². The molecule has 2 aromatic carbocycles. The first-order valence-corrected chi connectivity index (χ1v) is 14.7. The third kappa shape index (κ3) is 6.11. The van der Waals surface area contributed by atoms with E-state index in [0.29, 0.717) is 43.1 Å². The van der Waals surface area contributed by atoms with E-state index < -0.39 is 15.9 Å². The van der Waals surface area contributed by atoms with E-state index in [1.807, 2.05) is 36.4 Å². The molecule has 2 aliphatic rings. The summed E-state index contributed by atoms with van der Waals surface area (Å²) in [6.45, 7) is 2.03. The maximum atomic E-state index is 13.4. The summed E-state index contributed by atoms with van der Waals surface area (Å²) in [7, 11) is -3.65. The number of sulfonamides is 1. The molecule has 39 heavy (non-hydrogen) atoms. The number of nitriles is 1. The van der Waals surface area contributed by atoms with Gasteiger partial charge in [-0.1, -0.05) is 36.8 Å². The van der Waals surface area contributed by atoms with Gasteiger partial charge in [0, 0.05) is 43.6 Å². The molecule has 1 atom stereocenters. The molecule has 0 bridgehead atoms. The average molecular weight is 546 g/mol. The van der Waals surface area contributed by atoms with Crippen LogP contribution in [0.2, 0.25) is 0 Å². The van der Waals surface area contributed by atoms with Gasteiger partial charge in [0.25, 0.3) is 5.91 Å². The standard InChI is InChI=1S/C29H31N5O4S/c30-19-23(29(35)31-20-26-12-8-16-38-26)17-24-21-34(25-10-3-1-4-11-25)32-28(24)22-9-7-13-27(18-22)39(36,37)33-14-5-2-6-15-33/h1,3-4,7,9-11,13,17-18,21,26H,2,5-6,8,12,14-16,20H2,(H,31,35)/b23-17+. The molecule has 1 amide bonds. The zero-order valence-corrected chi connectivity index (χ0v) is 22.4. The highest BCUT2D eigenvalue weighted by atomic mass is 32.2. The number of piperidine rings is 1. The molecule has 1 unspecified atom stereocenters. The van der Waals surface area contributed by atoms with Crippen molar-refractivity contribution in [2.75, 3.05) is 26.2 Å². The van der Waals surface area contributed by atoms with Crippen molar-refractivity contribution in [3.05, 3.63) is 71.9 Å². The van der Waals surface area contributed by atoms with E-state index in [2.05, 4.69) is 5.32 Å². The number of para-hydroxylation sites is 1. The number of hydrogen-bond acceptors (Lipinski definition) is 6. The van der Waals surface area contributed by atoms with Crippen molar-refractivity contribution in [3.8, 4) is 23.0 Å². The van der Waals surface area contributed by atoms with Crippen molar-refractivity contribution < 1.29 is 17.9 Å². The van der Waals surface area contributed by atoms with Crippen molar-refractivity contribution >= 4 is 22.0 Å². The van der Waals surface area contributed by atoms with Crippen LogP contribution in [0.15, 0.2) is 71.3 Å². The zero-order chi connectivity index (χ0) is 27.2. The lowest BCUT2D eigenvalue weighted by atomic mass is 10.1. The number of nitrogens with zero attached hydrogens (tertiary/aromatic N) is 4. The van der Waals surface area contributed by atoms with E-state index in [1.165, 1.54) is 10.4 Å². The summed E-state index contributed by atoms with van der Waals surface area (Å²) in [5.41, 5.74) is 2.28. The Morgan fingerprint density at radius 3 is 2.62 bits per heavy atom. The van der Waals surface area contributed by atoms with Gasteiger partial charge in [-0.05, 0) is 56.0 Å². The molecule has 2 fully saturated rings. The lowest BCUT2D eigenvalue weighted by molar-refractivity contribution is -0.117. The van der Waals surface area contributed by atoms with Crippen molar-refractivity contribution in [1.82, 2.24) is 19.4 Å². The molecule has 2 saturated heterocycles. The molecule has 0 saturated carbocycles. The summed E-state index contributed by atoms with van der Waals surface area (Å²) in [6.07, 6.45) is 7.74. The Balaban J connectivity index is 1.51. The smallest absolute Gasteiger partial charge is 0.262 e. The van der Waals surface area contributed by atoms with Gasteiger partial charge in [0.05, 0.1) is 16.7 Å². The lowest BCUT2D eigenvalue weighted by Crippen LogP contribution is -2.35. The van der Waals surface area contributed by atoms with E-state index in [-0.39, 0.29) is 16.6 Å². The highest BCUT2D eigenvalue weighted by Gasteiger charge is 2.27. The minimum atomic E-state index is -3.65. The lowest BCUT2D eigenvalue weighted by Gasteiger charge is -2.26. The van der Waals surface area contributed by atoms with Crippen LogP contribution in [0.5, 0.6) is 0 Å². The number of benzene rings is 2. The molecular formula is C29H31N5O4S. The summed E-state index contributed by atoms with van der Waals surface area (Å²) in [5.74, 6) is -0.493. The van der Waals surface area contributed by atoms with Crippen LogP contribution in [-0.4, -0.2) is 60.8 Å². The largest absolute Gasteiger partial charge is 0.376 e. The van der Waals surface area contributed by atoms with Crippen LogP contribution in [0.3, 0.4) is 0 Å². The molecule has 9 nitrogen and oxygen atoms in total. The number of carbonyl (C=O) groups excluding carboxylic acids is 1. The second kappa shape index (κ2) is 11.9. The molecule has 0 spiro atoms. The summed E-state index contributed by atoms with van der Waals surface area (Å²) in [4.78, 5) is 13.0. The number of amides is 1. The number of hydrogen-bond donors (Lipinski definition) is 1. The topological polar surface area (TPSA) is 117 Å². The maximum absolute atomic E-state index is 13.4. The fourth-order valence-corrected chi connectivity index (χ4v) is 6.46. The second-order valence-corrected chi connectivity index (χ2v) is 11.7. The van der Waals surface area contributed by atoms with Gasteiger partial charge in [0.2, 0.25) is 10.0 Å². The summed E-state index contributed by atoms with van der Waals surface area (Å²) < 4.78 is 35.5. The third-order valence-electron chi connectivity index (χ3n) is 7.00. The number of aromatic nitrogens is 2. The van der Waals surface area contributed by atoms with Gasteiger partial charge in [0.15, 0.2) is 0 Å². The first-order valence-electron chi connectivity index (χ1n) is 13.2. The molecular weight excluding hydrogens is 514 g/mol. The Kier molecular flexibility index (Phi) is 8.21. The summed E-state index contributed by atoms with van der Waals surface area (Å²) >= 11 is 0. The molecule has 3 aromatic rings. The van der Waals surface area contributed by atoms with Crippen molar-refractivity contribution in [3.63, 3.8) is 0 Å². The molecule has 0 radical (unpaired) electrons. The predicted octanol–water partition coefficient (Wildman–Crippen LogP) is 3.92. The molecule has 5 rings (SSSR count). The quantitative estimate of drug-likeness (QED) is 0.339. The molecule has 1 N–H and O–H groups in total. The van der Waals surface area contributed by atoms with Gasteiger partial charge in [-0.15, -0.1) is 0 Å². The van der Waals surface area contributed by atoms with Gasteiger partial charge in [-0.25, -0.2) is 13.1 Å². The molecule has 1 aromatic heterocycles. The monoisotopic (exact) mass is 545 g/mol. The van der Waals surface area contributed by atoms with Gasteiger partial charge >= 0.3 is 0 Å². The van der Waals surface area contributed by atoms with Crippen LogP contribution in [0, 0.1) is 11.3 Å². The first kappa shape index (κ1) is 26.8. The van der Waals surface area contributed by atoms with Crippen molar-refractivity contribution in [2.45, 2.75) is 43.1 Å². The van der Waals surface area contributed by atoms with E-state index in [9.17, 15) is 18.5 Å². The van der Waals surface area contributed by atoms with Gasteiger partial charge in [0.1, 0.15) is 17.3 Å². The fourth-order valence-electron chi connectivity index (χ4n) is 4.90. The average Bonchev–Trinajstić information content (AvgIpc) is 3.66. The maximum Gasteiger partial charge on any atom is 0.262 e. The second-order valence-electron chi connectivity index (χ2n) is 9.72. The van der Waals surface area contributed by atoms with Crippen molar-refractivity contribution in [2.24, 2.45) is 0 Å². The number of rotatable bonds is 8. The number of carbonyl (C=O) groups is 1. The normalized spacial score (nSPS) is 18.5. The zero-order valence-electron chi connectivity index (χ0n) is 21.6. The van der Waals surface area contributed by atoms with E-state index >= 15 is 0 Å². The first-order chi connectivity index (χ1) is 19.0. The SMILES string of the molecule is N#C/C(=C\c1cn(-c2ccccc2)nc1-c1cccc(S(=O)(=O)N2CCCCC2)c1)C(=O)NCC1CCCO1. The summed E-state index contributed by atoms with van der Waals surface area (Å²) in [6, 6.07) is 18.1. The minimum Gasteiger partial charge on any atom is -0.376 e. The highest BCUT2D eigenvalue weighted by Crippen LogP contribution is 2.29. The van der Waals surface area contributed by atoms with Gasteiger partial charge in [-0.2, -0.15) is 14.7 Å². The molecule has 2 aliphatic heterocycles. The number of ether oxygens (including phenoxy) is 1. The van der Waals surface area contributed by atoms with Crippen LogP contribution in [0.1, 0.15) is 37.7 Å². The Morgan fingerprint density at radius 1 is 1.10 bits per heavy atom. The Labute approximate surface area is 228 Å². The molecule has 202 valence electrons.